The number of nitrogens with zero attached hydrogens (tertiary/aromatic N) is 1. The zero-order valence-electron chi connectivity index (χ0n) is 16.5. The van der Waals surface area contributed by atoms with Crippen LogP contribution in [0.3, 0.4) is 0 Å². The van der Waals surface area contributed by atoms with Gasteiger partial charge in [0, 0.05) is 18.5 Å². The fraction of sp³-hybridized carbons (Fsp3) is 0.682. The molecule has 0 aromatic heterocycles. The molecule has 0 unspecified atom stereocenters. The highest BCUT2D eigenvalue weighted by molar-refractivity contribution is 5.74. The van der Waals surface area contributed by atoms with Crippen LogP contribution in [0.2, 0.25) is 0 Å². The molecule has 1 aromatic carbocycles. The van der Waals surface area contributed by atoms with Gasteiger partial charge in [-0.2, -0.15) is 0 Å². The molecular weight excluding hydrogens is 374 g/mol. The summed E-state index contributed by atoms with van der Waals surface area (Å²) in [6.45, 7) is 1.94. The SMILES string of the molecule is COc1ccc2c3c1O[C@@H]1[C@H]3[C@]3(CCC14OCCO4)OC(=O)N(CC1CC1)[C@@H]3C2. The van der Waals surface area contributed by atoms with E-state index in [1.807, 2.05) is 11.0 Å². The molecule has 1 aromatic rings. The van der Waals surface area contributed by atoms with Crippen molar-refractivity contribution in [1.29, 1.82) is 0 Å². The molecule has 7 heteroatoms. The molecule has 4 fully saturated rings. The summed E-state index contributed by atoms with van der Waals surface area (Å²) in [7, 11) is 1.66. The lowest BCUT2D eigenvalue weighted by molar-refractivity contribution is -0.254. The Morgan fingerprint density at radius 3 is 2.79 bits per heavy atom. The van der Waals surface area contributed by atoms with Crippen LogP contribution in [0.1, 0.15) is 42.7 Å². The molecule has 29 heavy (non-hydrogen) atoms. The number of hydrogen-bond donors (Lipinski definition) is 0. The highest BCUT2D eigenvalue weighted by Gasteiger charge is 2.73. The van der Waals surface area contributed by atoms with Gasteiger partial charge < -0.3 is 28.6 Å². The van der Waals surface area contributed by atoms with Crippen molar-refractivity contribution in [1.82, 2.24) is 4.90 Å². The van der Waals surface area contributed by atoms with E-state index in [-0.39, 0.29) is 24.2 Å². The number of amides is 1. The van der Waals surface area contributed by atoms with E-state index in [1.54, 1.807) is 7.11 Å². The summed E-state index contributed by atoms with van der Waals surface area (Å²) in [5.41, 5.74) is 1.77. The number of carbonyl (C=O) groups excluding carboxylic acids is 1. The smallest absolute Gasteiger partial charge is 0.410 e. The molecular formula is C22H25NO6. The van der Waals surface area contributed by atoms with E-state index in [9.17, 15) is 4.79 Å². The van der Waals surface area contributed by atoms with Crippen molar-refractivity contribution in [2.75, 3.05) is 26.9 Å². The van der Waals surface area contributed by atoms with Crippen molar-refractivity contribution in [2.45, 2.75) is 61.6 Å². The third-order valence-electron chi connectivity index (χ3n) is 7.95. The van der Waals surface area contributed by atoms with Crippen LogP contribution in [-0.4, -0.2) is 61.4 Å². The van der Waals surface area contributed by atoms with Crippen molar-refractivity contribution in [2.24, 2.45) is 5.92 Å². The zero-order chi connectivity index (χ0) is 19.4. The second-order valence-corrected chi connectivity index (χ2v) is 9.33. The van der Waals surface area contributed by atoms with Gasteiger partial charge in [0.05, 0.1) is 32.3 Å². The number of benzene rings is 1. The van der Waals surface area contributed by atoms with Crippen LogP contribution in [0.5, 0.6) is 11.5 Å². The Morgan fingerprint density at radius 2 is 2.03 bits per heavy atom. The molecule has 3 aliphatic carbocycles. The first-order chi connectivity index (χ1) is 14.2. The van der Waals surface area contributed by atoms with Gasteiger partial charge in [0.1, 0.15) is 5.60 Å². The molecule has 1 amide bonds. The standard InChI is InChI=1S/C22H25NO6/c1-25-14-5-4-13-10-15-21(29-20(24)23(15)11-12-2-3-12)6-7-22(26-8-9-27-22)19-17(21)16(13)18(14)28-19/h4-5,12,15,17,19H,2-3,6-11H2,1H3/t15-,17+,19-,21-/m1/s1. The van der Waals surface area contributed by atoms with Crippen LogP contribution in [0.15, 0.2) is 12.1 Å². The van der Waals surface area contributed by atoms with Gasteiger partial charge in [-0.3, -0.25) is 0 Å². The molecule has 2 spiro atoms. The van der Waals surface area contributed by atoms with Gasteiger partial charge in [0.15, 0.2) is 17.6 Å². The maximum Gasteiger partial charge on any atom is 0.410 e. The second-order valence-electron chi connectivity index (χ2n) is 9.33. The van der Waals surface area contributed by atoms with Gasteiger partial charge in [0.25, 0.3) is 0 Å². The van der Waals surface area contributed by atoms with Crippen LogP contribution < -0.4 is 9.47 Å². The summed E-state index contributed by atoms with van der Waals surface area (Å²) < 4.78 is 30.7. The van der Waals surface area contributed by atoms with Gasteiger partial charge in [0.2, 0.25) is 5.79 Å². The molecule has 0 radical (unpaired) electrons. The largest absolute Gasteiger partial charge is 0.493 e. The lowest BCUT2D eigenvalue weighted by Gasteiger charge is -2.51. The van der Waals surface area contributed by atoms with Crippen molar-refractivity contribution in [3.63, 3.8) is 0 Å². The number of methoxy groups -OCH3 is 1. The predicted octanol–water partition coefficient (Wildman–Crippen LogP) is 2.60. The third-order valence-corrected chi connectivity index (χ3v) is 7.95. The first kappa shape index (κ1) is 16.8. The molecule has 3 heterocycles. The van der Waals surface area contributed by atoms with Crippen LogP contribution in [0.4, 0.5) is 4.79 Å². The monoisotopic (exact) mass is 399 g/mol. The van der Waals surface area contributed by atoms with Gasteiger partial charge in [-0.1, -0.05) is 6.07 Å². The first-order valence-corrected chi connectivity index (χ1v) is 10.8. The van der Waals surface area contributed by atoms with Gasteiger partial charge in [-0.05, 0) is 43.2 Å². The summed E-state index contributed by atoms with van der Waals surface area (Å²) in [5.74, 6) is 1.25. The van der Waals surface area contributed by atoms with E-state index in [0.717, 1.165) is 36.4 Å². The summed E-state index contributed by atoms with van der Waals surface area (Å²) in [5, 5.41) is 0. The van der Waals surface area contributed by atoms with E-state index < -0.39 is 11.4 Å². The minimum atomic E-state index is -0.768. The van der Waals surface area contributed by atoms with Crippen LogP contribution in [0.25, 0.3) is 0 Å². The number of carbonyl (C=O) groups is 1. The van der Waals surface area contributed by atoms with Gasteiger partial charge >= 0.3 is 6.09 Å². The van der Waals surface area contributed by atoms with Crippen molar-refractivity contribution < 1.29 is 28.5 Å². The lowest BCUT2D eigenvalue weighted by Crippen LogP contribution is -2.64. The fourth-order valence-corrected chi connectivity index (χ4v) is 6.50. The Bertz CT molecular complexity index is 907. The highest BCUT2D eigenvalue weighted by Crippen LogP contribution is 2.64. The van der Waals surface area contributed by atoms with Crippen molar-refractivity contribution >= 4 is 6.09 Å². The molecule has 2 saturated carbocycles. The zero-order valence-corrected chi connectivity index (χ0v) is 16.5. The van der Waals surface area contributed by atoms with Gasteiger partial charge in [-0.15, -0.1) is 0 Å². The maximum atomic E-state index is 13.0. The van der Waals surface area contributed by atoms with E-state index >= 15 is 0 Å². The summed E-state index contributed by atoms with van der Waals surface area (Å²) >= 11 is 0. The van der Waals surface area contributed by atoms with Crippen LogP contribution >= 0.6 is 0 Å². The summed E-state index contributed by atoms with van der Waals surface area (Å²) in [6.07, 6.45) is 4.11. The molecule has 0 N–H and O–H groups in total. The normalized spacial score (nSPS) is 37.9. The molecule has 2 saturated heterocycles. The Balaban J connectivity index is 1.40. The molecule has 4 atom stereocenters. The molecule has 7 nitrogen and oxygen atoms in total. The molecule has 0 bridgehead atoms. The Hall–Kier alpha value is -1.99. The molecule has 7 rings (SSSR count). The summed E-state index contributed by atoms with van der Waals surface area (Å²) in [4.78, 5) is 15.0. The lowest BCUT2D eigenvalue weighted by atomic mass is 9.60. The molecule has 3 aliphatic heterocycles. The van der Waals surface area contributed by atoms with Crippen molar-refractivity contribution in [3.8, 4) is 11.5 Å². The minimum absolute atomic E-state index is 0.0392. The Labute approximate surface area is 169 Å². The first-order valence-electron chi connectivity index (χ1n) is 10.8. The van der Waals surface area contributed by atoms with Crippen molar-refractivity contribution in [3.05, 3.63) is 23.3 Å². The van der Waals surface area contributed by atoms with E-state index in [4.69, 9.17) is 23.7 Å². The van der Waals surface area contributed by atoms with E-state index in [1.165, 1.54) is 18.4 Å². The average molecular weight is 399 g/mol. The third kappa shape index (κ3) is 1.98. The van der Waals surface area contributed by atoms with Crippen LogP contribution in [0, 0.1) is 5.92 Å². The van der Waals surface area contributed by atoms with Crippen LogP contribution in [-0.2, 0) is 20.6 Å². The number of ether oxygens (including phenoxy) is 5. The maximum absolute atomic E-state index is 13.0. The second kappa shape index (κ2) is 5.38. The predicted molar refractivity (Wildman–Crippen MR) is 100 cm³/mol. The van der Waals surface area contributed by atoms with E-state index in [0.29, 0.717) is 25.6 Å². The number of fused-ring (bicyclic) bond motifs is 1. The Kier molecular flexibility index (Phi) is 3.11. The number of rotatable bonds is 3. The quantitative estimate of drug-likeness (QED) is 0.779. The van der Waals surface area contributed by atoms with Gasteiger partial charge in [-0.25, -0.2) is 4.79 Å². The highest BCUT2D eigenvalue weighted by atomic mass is 16.8. The minimum Gasteiger partial charge on any atom is -0.493 e. The topological polar surface area (TPSA) is 66.5 Å². The fourth-order valence-electron chi connectivity index (χ4n) is 6.50. The molecule has 6 aliphatic rings. The summed E-state index contributed by atoms with van der Waals surface area (Å²) in [6, 6.07) is 4.14. The number of hydrogen-bond acceptors (Lipinski definition) is 6. The molecule has 154 valence electrons. The Morgan fingerprint density at radius 1 is 1.21 bits per heavy atom. The average Bonchev–Trinajstić information content (AvgIpc) is 3.14. The van der Waals surface area contributed by atoms with E-state index in [2.05, 4.69) is 6.07 Å².